The topological polar surface area (TPSA) is 37.3 Å². The summed E-state index contributed by atoms with van der Waals surface area (Å²) in [6, 6.07) is 6.20. The molecule has 3 heteroatoms. The van der Waals surface area contributed by atoms with Gasteiger partial charge in [0.15, 0.2) is 0 Å². The van der Waals surface area contributed by atoms with Gasteiger partial charge in [0.05, 0.1) is 5.92 Å². The summed E-state index contributed by atoms with van der Waals surface area (Å²) in [5, 5.41) is 8.81. The second kappa shape index (κ2) is 4.58. The van der Waals surface area contributed by atoms with Crippen LogP contribution in [0.15, 0.2) is 22.7 Å². The Bertz CT molecular complexity index is 414. The molecule has 1 aromatic rings. The van der Waals surface area contributed by atoms with Crippen LogP contribution in [0.3, 0.4) is 0 Å². The summed E-state index contributed by atoms with van der Waals surface area (Å²) in [6.45, 7) is 2.10. The van der Waals surface area contributed by atoms with Crippen molar-refractivity contribution >= 4 is 21.9 Å². The molecule has 0 spiro atoms. The van der Waals surface area contributed by atoms with Crippen molar-refractivity contribution in [1.82, 2.24) is 0 Å². The molecule has 2 atom stereocenters. The van der Waals surface area contributed by atoms with Gasteiger partial charge in [0.25, 0.3) is 0 Å². The van der Waals surface area contributed by atoms with Gasteiger partial charge in [-0.15, -0.1) is 0 Å². The summed E-state index contributed by atoms with van der Waals surface area (Å²) >= 11 is 3.51. The summed E-state index contributed by atoms with van der Waals surface area (Å²) in [7, 11) is 0. The first-order valence-electron chi connectivity index (χ1n) is 5.56. The van der Waals surface area contributed by atoms with Crippen LogP contribution >= 0.6 is 15.9 Å². The molecular formula is C13H15BrO2. The Morgan fingerprint density at radius 1 is 1.56 bits per heavy atom. The Labute approximate surface area is 104 Å². The van der Waals surface area contributed by atoms with Crippen molar-refractivity contribution in [3.63, 3.8) is 0 Å². The minimum atomic E-state index is -0.629. The fraction of sp³-hybridized carbons (Fsp3) is 0.462. The first-order valence-corrected chi connectivity index (χ1v) is 6.35. The van der Waals surface area contributed by atoms with Gasteiger partial charge in [-0.3, -0.25) is 4.79 Å². The average molecular weight is 283 g/mol. The summed E-state index contributed by atoms with van der Waals surface area (Å²) < 4.78 is 1.13. The van der Waals surface area contributed by atoms with E-state index in [1.807, 2.05) is 12.1 Å². The molecule has 0 saturated heterocycles. The predicted octanol–water partition coefficient (Wildman–Crippen LogP) is 3.41. The zero-order valence-corrected chi connectivity index (χ0v) is 10.8. The average Bonchev–Trinajstić information content (AvgIpc) is 3.00. The van der Waals surface area contributed by atoms with E-state index in [1.165, 1.54) is 11.1 Å². The molecule has 1 aromatic carbocycles. The number of rotatable bonds is 4. The van der Waals surface area contributed by atoms with Gasteiger partial charge in [-0.05, 0) is 49.3 Å². The van der Waals surface area contributed by atoms with Crippen molar-refractivity contribution in [1.29, 1.82) is 0 Å². The van der Waals surface area contributed by atoms with Crippen LogP contribution in [0.4, 0.5) is 0 Å². The molecule has 1 saturated carbocycles. The Morgan fingerprint density at radius 2 is 2.31 bits per heavy atom. The number of benzene rings is 1. The van der Waals surface area contributed by atoms with E-state index in [-0.39, 0.29) is 5.92 Å². The van der Waals surface area contributed by atoms with Gasteiger partial charge in [0, 0.05) is 4.47 Å². The molecule has 1 aliphatic rings. The van der Waals surface area contributed by atoms with Gasteiger partial charge in [-0.2, -0.15) is 0 Å². The van der Waals surface area contributed by atoms with E-state index in [1.54, 1.807) is 0 Å². The van der Waals surface area contributed by atoms with Crippen molar-refractivity contribution in [2.75, 3.05) is 0 Å². The normalized spacial score (nSPS) is 23.1. The molecule has 1 aliphatic carbocycles. The number of hydrogen-bond donors (Lipinski definition) is 1. The lowest BCUT2D eigenvalue weighted by atomic mass is 10.0. The molecule has 0 amide bonds. The van der Waals surface area contributed by atoms with Crippen LogP contribution in [-0.2, 0) is 11.2 Å². The van der Waals surface area contributed by atoms with Crippen LogP contribution in [0.5, 0.6) is 0 Å². The van der Waals surface area contributed by atoms with Crippen LogP contribution in [0, 0.1) is 18.8 Å². The van der Waals surface area contributed by atoms with Gasteiger partial charge in [-0.25, -0.2) is 0 Å². The number of carboxylic acid groups (broad SMARTS) is 1. The van der Waals surface area contributed by atoms with Crippen molar-refractivity contribution in [2.24, 2.45) is 11.8 Å². The molecular weight excluding hydrogens is 268 g/mol. The van der Waals surface area contributed by atoms with Gasteiger partial charge < -0.3 is 5.11 Å². The van der Waals surface area contributed by atoms with Crippen LogP contribution in [-0.4, -0.2) is 11.1 Å². The maximum Gasteiger partial charge on any atom is 0.306 e. The third kappa shape index (κ3) is 2.46. The first-order chi connectivity index (χ1) is 7.59. The van der Waals surface area contributed by atoms with E-state index >= 15 is 0 Å². The van der Waals surface area contributed by atoms with Crippen molar-refractivity contribution in [2.45, 2.75) is 26.2 Å². The van der Waals surface area contributed by atoms with Crippen molar-refractivity contribution < 1.29 is 9.90 Å². The van der Waals surface area contributed by atoms with E-state index in [9.17, 15) is 4.79 Å². The Kier molecular flexibility index (Phi) is 3.33. The highest BCUT2D eigenvalue weighted by Gasteiger charge is 2.42. The van der Waals surface area contributed by atoms with E-state index in [0.29, 0.717) is 5.92 Å². The molecule has 2 nitrogen and oxygen atoms in total. The summed E-state index contributed by atoms with van der Waals surface area (Å²) in [5.74, 6) is -0.306. The monoisotopic (exact) mass is 282 g/mol. The van der Waals surface area contributed by atoms with Crippen molar-refractivity contribution in [3.8, 4) is 0 Å². The molecule has 1 fully saturated rings. The van der Waals surface area contributed by atoms with Crippen LogP contribution < -0.4 is 0 Å². The number of carboxylic acids is 1. The number of hydrogen-bond acceptors (Lipinski definition) is 1. The van der Waals surface area contributed by atoms with E-state index in [0.717, 1.165) is 23.7 Å². The van der Waals surface area contributed by atoms with Crippen molar-refractivity contribution in [3.05, 3.63) is 33.8 Å². The summed E-state index contributed by atoms with van der Waals surface area (Å²) in [6.07, 6.45) is 2.84. The number of aryl methyl sites for hydroxylation is 1. The smallest absolute Gasteiger partial charge is 0.306 e. The maximum absolute atomic E-state index is 10.7. The van der Waals surface area contributed by atoms with Gasteiger partial charge in [0.2, 0.25) is 0 Å². The molecule has 2 unspecified atom stereocenters. The minimum absolute atomic E-state index is 0.0764. The summed E-state index contributed by atoms with van der Waals surface area (Å²) in [4.78, 5) is 10.7. The summed E-state index contributed by atoms with van der Waals surface area (Å²) in [5.41, 5.74) is 2.60. The van der Waals surface area contributed by atoms with Crippen LogP contribution in [0.25, 0.3) is 0 Å². The fourth-order valence-corrected chi connectivity index (χ4v) is 2.54. The Morgan fingerprint density at radius 3 is 2.94 bits per heavy atom. The van der Waals surface area contributed by atoms with E-state index in [2.05, 4.69) is 28.9 Å². The molecule has 0 heterocycles. The van der Waals surface area contributed by atoms with Gasteiger partial charge in [-0.1, -0.05) is 28.1 Å². The quantitative estimate of drug-likeness (QED) is 0.919. The Hall–Kier alpha value is -0.830. The van der Waals surface area contributed by atoms with Crippen LogP contribution in [0.1, 0.15) is 24.0 Å². The lowest BCUT2D eigenvalue weighted by Gasteiger charge is -2.06. The third-order valence-corrected chi connectivity index (χ3v) is 4.26. The molecule has 16 heavy (non-hydrogen) atoms. The molecule has 86 valence electrons. The highest BCUT2D eigenvalue weighted by atomic mass is 79.9. The van der Waals surface area contributed by atoms with Gasteiger partial charge in [0.1, 0.15) is 0 Å². The van der Waals surface area contributed by atoms with E-state index < -0.39 is 5.97 Å². The second-order valence-electron chi connectivity index (χ2n) is 4.50. The lowest BCUT2D eigenvalue weighted by molar-refractivity contribution is -0.138. The SMILES string of the molecule is Cc1c(Br)cccc1CCC1CC1C(=O)O. The molecule has 0 aromatic heterocycles. The zero-order valence-electron chi connectivity index (χ0n) is 9.24. The predicted molar refractivity (Wildman–Crippen MR) is 66.4 cm³/mol. The lowest BCUT2D eigenvalue weighted by Crippen LogP contribution is -2.00. The number of carbonyl (C=O) groups is 1. The highest BCUT2D eigenvalue weighted by Crippen LogP contribution is 2.42. The molecule has 1 N–H and O–H groups in total. The zero-order chi connectivity index (χ0) is 11.7. The highest BCUT2D eigenvalue weighted by molar-refractivity contribution is 9.10. The first kappa shape index (κ1) is 11.6. The number of aliphatic carboxylic acids is 1. The largest absolute Gasteiger partial charge is 0.481 e. The van der Waals surface area contributed by atoms with Crippen LogP contribution in [0.2, 0.25) is 0 Å². The number of halogens is 1. The maximum atomic E-state index is 10.7. The molecule has 0 bridgehead atoms. The fourth-order valence-electron chi connectivity index (χ4n) is 2.13. The molecule has 0 aliphatic heterocycles. The second-order valence-corrected chi connectivity index (χ2v) is 5.36. The Balaban J connectivity index is 1.91. The molecule has 0 radical (unpaired) electrons. The minimum Gasteiger partial charge on any atom is -0.481 e. The van der Waals surface area contributed by atoms with E-state index in [4.69, 9.17) is 5.11 Å². The standard InChI is InChI=1S/C13H15BrO2/c1-8-9(3-2-4-12(8)14)5-6-10-7-11(10)13(15)16/h2-4,10-11H,5-7H2,1H3,(H,15,16). The third-order valence-electron chi connectivity index (χ3n) is 3.40. The molecule has 2 rings (SSSR count). The van der Waals surface area contributed by atoms with Gasteiger partial charge >= 0.3 is 5.97 Å².